The Morgan fingerprint density at radius 1 is 1.39 bits per heavy atom. The molecule has 0 saturated carbocycles. The molecule has 0 aliphatic carbocycles. The van der Waals surface area contributed by atoms with Crippen molar-refractivity contribution in [3.05, 3.63) is 55.4 Å². The van der Waals surface area contributed by atoms with E-state index >= 15 is 0 Å². The van der Waals surface area contributed by atoms with E-state index in [-0.39, 0.29) is 11.9 Å². The first-order valence-corrected chi connectivity index (χ1v) is 7.25. The molecule has 0 bridgehead atoms. The Morgan fingerprint density at radius 2 is 2.17 bits per heavy atom. The van der Waals surface area contributed by atoms with Crippen LogP contribution in [0, 0.1) is 5.82 Å². The van der Waals surface area contributed by atoms with Crippen LogP contribution in [0.2, 0.25) is 5.02 Å². The molecule has 0 amide bonds. The summed E-state index contributed by atoms with van der Waals surface area (Å²) in [5.74, 6) is 5.23. The minimum Gasteiger partial charge on any atom is -0.271 e. The van der Waals surface area contributed by atoms with Crippen molar-refractivity contribution in [3.8, 4) is 0 Å². The molecule has 1 heterocycles. The minimum atomic E-state index is -0.307. The normalized spacial score (nSPS) is 12.7. The zero-order chi connectivity index (χ0) is 13.1. The van der Waals surface area contributed by atoms with Crippen LogP contribution in [0.25, 0.3) is 0 Å². The highest BCUT2D eigenvalue weighted by Gasteiger charge is 2.17. The minimum absolute atomic E-state index is 0.157. The van der Waals surface area contributed by atoms with Crippen LogP contribution in [-0.2, 0) is 6.42 Å². The number of hydrazine groups is 1. The van der Waals surface area contributed by atoms with Gasteiger partial charge in [-0.25, -0.2) is 4.39 Å². The first-order chi connectivity index (χ1) is 8.61. The zero-order valence-electron chi connectivity index (χ0n) is 9.29. The predicted molar refractivity (Wildman–Crippen MR) is 77.2 cm³/mol. The van der Waals surface area contributed by atoms with Crippen molar-refractivity contribution in [2.75, 3.05) is 0 Å². The van der Waals surface area contributed by atoms with Gasteiger partial charge in [0, 0.05) is 15.5 Å². The van der Waals surface area contributed by atoms with E-state index in [4.69, 9.17) is 17.4 Å². The maximum Gasteiger partial charge on any atom is 0.127 e. The van der Waals surface area contributed by atoms with Gasteiger partial charge in [0.1, 0.15) is 5.82 Å². The molecule has 3 N–H and O–H groups in total. The second kappa shape index (κ2) is 6.12. The van der Waals surface area contributed by atoms with Gasteiger partial charge in [-0.3, -0.25) is 11.3 Å². The monoisotopic (exact) mass is 348 g/mol. The van der Waals surface area contributed by atoms with Crippen molar-refractivity contribution >= 4 is 38.9 Å². The van der Waals surface area contributed by atoms with Gasteiger partial charge in [0.15, 0.2) is 0 Å². The molecular formula is C12H11BrClFN2S. The predicted octanol–water partition coefficient (Wildman–Crippen LogP) is 4.05. The second-order valence-corrected chi connectivity index (χ2v) is 6.67. The highest BCUT2D eigenvalue weighted by Crippen LogP contribution is 2.31. The van der Waals surface area contributed by atoms with Crippen molar-refractivity contribution in [2.24, 2.45) is 5.84 Å². The van der Waals surface area contributed by atoms with Gasteiger partial charge in [0.2, 0.25) is 0 Å². The summed E-state index contributed by atoms with van der Waals surface area (Å²) in [6, 6.07) is 8.40. The number of rotatable bonds is 4. The third kappa shape index (κ3) is 3.10. The van der Waals surface area contributed by atoms with Gasteiger partial charge < -0.3 is 0 Å². The first kappa shape index (κ1) is 14.0. The van der Waals surface area contributed by atoms with Crippen molar-refractivity contribution < 1.29 is 4.39 Å². The number of benzene rings is 1. The van der Waals surface area contributed by atoms with E-state index in [1.807, 2.05) is 12.1 Å². The van der Waals surface area contributed by atoms with E-state index in [2.05, 4.69) is 21.4 Å². The Morgan fingerprint density at radius 3 is 2.72 bits per heavy atom. The van der Waals surface area contributed by atoms with Crippen molar-refractivity contribution in [2.45, 2.75) is 12.5 Å². The number of hydrogen-bond acceptors (Lipinski definition) is 3. The molecular weight excluding hydrogens is 339 g/mol. The Hall–Kier alpha value is -0.460. The van der Waals surface area contributed by atoms with E-state index in [0.29, 0.717) is 17.0 Å². The molecule has 0 fully saturated rings. The molecule has 96 valence electrons. The molecule has 0 spiro atoms. The van der Waals surface area contributed by atoms with Gasteiger partial charge >= 0.3 is 0 Å². The quantitative estimate of drug-likeness (QED) is 0.645. The summed E-state index contributed by atoms with van der Waals surface area (Å²) in [5.41, 5.74) is 3.18. The number of nitrogens with two attached hydrogens (primary N) is 1. The fourth-order valence-corrected chi connectivity index (χ4v) is 3.41. The van der Waals surface area contributed by atoms with E-state index in [1.54, 1.807) is 23.5 Å². The SMILES string of the molecule is NNC(Cc1c(F)cccc1Cl)c1ccc(Br)s1. The van der Waals surface area contributed by atoms with E-state index < -0.39 is 0 Å². The Labute approximate surface area is 122 Å². The summed E-state index contributed by atoms with van der Waals surface area (Å²) >= 11 is 11.0. The standard InChI is InChI=1S/C12H11BrClFN2S/c13-12-5-4-11(18-12)10(17-16)6-7-8(14)2-1-3-9(7)15/h1-5,10,17H,6,16H2. The maximum atomic E-state index is 13.7. The molecule has 2 rings (SSSR count). The third-order valence-electron chi connectivity index (χ3n) is 2.61. The van der Waals surface area contributed by atoms with Gasteiger partial charge in [-0.15, -0.1) is 11.3 Å². The lowest BCUT2D eigenvalue weighted by Crippen LogP contribution is -2.29. The second-order valence-electron chi connectivity index (χ2n) is 3.77. The van der Waals surface area contributed by atoms with Crippen molar-refractivity contribution in [1.82, 2.24) is 5.43 Å². The third-order valence-corrected chi connectivity index (χ3v) is 4.70. The van der Waals surface area contributed by atoms with Gasteiger partial charge in [-0.05, 0) is 46.6 Å². The zero-order valence-corrected chi connectivity index (χ0v) is 12.4. The highest BCUT2D eigenvalue weighted by molar-refractivity contribution is 9.11. The molecule has 0 saturated heterocycles. The molecule has 0 aliphatic rings. The van der Waals surface area contributed by atoms with Crippen molar-refractivity contribution in [1.29, 1.82) is 0 Å². The van der Waals surface area contributed by atoms with Crippen LogP contribution in [0.15, 0.2) is 34.1 Å². The molecule has 1 atom stereocenters. The van der Waals surface area contributed by atoms with Crippen LogP contribution >= 0.6 is 38.9 Å². The molecule has 2 aromatic rings. The van der Waals surface area contributed by atoms with Crippen LogP contribution in [0.5, 0.6) is 0 Å². The van der Waals surface area contributed by atoms with Crippen LogP contribution < -0.4 is 11.3 Å². The molecule has 2 nitrogen and oxygen atoms in total. The van der Waals surface area contributed by atoms with Crippen LogP contribution in [0.1, 0.15) is 16.5 Å². The molecule has 1 aromatic carbocycles. The lowest BCUT2D eigenvalue weighted by Gasteiger charge is -2.15. The van der Waals surface area contributed by atoms with Gasteiger partial charge in [-0.1, -0.05) is 17.7 Å². The lowest BCUT2D eigenvalue weighted by atomic mass is 10.0. The molecule has 0 radical (unpaired) electrons. The largest absolute Gasteiger partial charge is 0.271 e. The van der Waals surface area contributed by atoms with Gasteiger partial charge in [0.25, 0.3) is 0 Å². The smallest absolute Gasteiger partial charge is 0.127 e. The summed E-state index contributed by atoms with van der Waals surface area (Å²) in [6.45, 7) is 0. The van der Waals surface area contributed by atoms with E-state index in [9.17, 15) is 4.39 Å². The average Bonchev–Trinajstić information content (AvgIpc) is 2.76. The number of nitrogens with one attached hydrogen (secondary N) is 1. The van der Waals surface area contributed by atoms with Gasteiger partial charge in [0.05, 0.1) is 9.83 Å². The van der Waals surface area contributed by atoms with E-state index in [0.717, 1.165) is 8.66 Å². The number of thiophene rings is 1. The topological polar surface area (TPSA) is 38.0 Å². The summed E-state index contributed by atoms with van der Waals surface area (Å²) < 4.78 is 14.7. The molecule has 1 aromatic heterocycles. The summed E-state index contributed by atoms with van der Waals surface area (Å²) in [6.07, 6.45) is 0.412. The number of hydrogen-bond donors (Lipinski definition) is 2. The molecule has 0 aliphatic heterocycles. The Balaban J connectivity index is 2.26. The van der Waals surface area contributed by atoms with Crippen LogP contribution in [0.3, 0.4) is 0 Å². The molecule has 18 heavy (non-hydrogen) atoms. The highest BCUT2D eigenvalue weighted by atomic mass is 79.9. The average molecular weight is 350 g/mol. The maximum absolute atomic E-state index is 13.7. The van der Waals surface area contributed by atoms with Crippen molar-refractivity contribution in [3.63, 3.8) is 0 Å². The summed E-state index contributed by atoms with van der Waals surface area (Å²) in [7, 11) is 0. The fraction of sp³-hybridized carbons (Fsp3) is 0.167. The lowest BCUT2D eigenvalue weighted by molar-refractivity contribution is 0.535. The van der Waals surface area contributed by atoms with Crippen LogP contribution in [0.4, 0.5) is 4.39 Å². The Bertz CT molecular complexity index is 526. The summed E-state index contributed by atoms with van der Waals surface area (Å²) in [5, 5.41) is 0.422. The van der Waals surface area contributed by atoms with Gasteiger partial charge in [-0.2, -0.15) is 0 Å². The molecule has 1 unspecified atom stereocenters. The summed E-state index contributed by atoms with van der Waals surface area (Å²) in [4.78, 5) is 1.03. The van der Waals surface area contributed by atoms with E-state index in [1.165, 1.54) is 6.07 Å². The number of halogens is 3. The molecule has 6 heteroatoms. The van der Waals surface area contributed by atoms with Crippen LogP contribution in [-0.4, -0.2) is 0 Å². The fourth-order valence-electron chi connectivity index (χ4n) is 1.69. The first-order valence-electron chi connectivity index (χ1n) is 5.26. The Kier molecular flexibility index (Phi) is 4.75.